The first kappa shape index (κ1) is 30.8. The van der Waals surface area contributed by atoms with Crippen LogP contribution in [0.15, 0.2) is 0 Å². The van der Waals surface area contributed by atoms with E-state index in [9.17, 15) is 0 Å². The van der Waals surface area contributed by atoms with Gasteiger partial charge in [0, 0.05) is 32.3 Å². The summed E-state index contributed by atoms with van der Waals surface area (Å²) in [5.41, 5.74) is 0.373. The molecular formula is C28H56O5. The first-order valence-electron chi connectivity index (χ1n) is 12.9. The monoisotopic (exact) mass is 472 g/mol. The van der Waals surface area contributed by atoms with E-state index in [2.05, 4.69) is 0 Å². The van der Waals surface area contributed by atoms with Crippen molar-refractivity contribution < 1.29 is 23.7 Å². The fourth-order valence-corrected chi connectivity index (χ4v) is 5.94. The smallest absolute Gasteiger partial charge is 0.168 e. The highest BCUT2D eigenvalue weighted by Crippen LogP contribution is 2.39. The Morgan fingerprint density at radius 3 is 0.939 bits per heavy atom. The topological polar surface area (TPSA) is 46.2 Å². The average molecular weight is 473 g/mol. The highest BCUT2D eigenvalue weighted by atomic mass is 16.7. The highest BCUT2D eigenvalue weighted by Gasteiger charge is 2.39. The summed E-state index contributed by atoms with van der Waals surface area (Å²) in [5.74, 6) is -0.253. The second-order valence-electron chi connectivity index (χ2n) is 10.0. The van der Waals surface area contributed by atoms with Gasteiger partial charge in [0.15, 0.2) is 11.6 Å². The van der Waals surface area contributed by atoms with Crippen molar-refractivity contribution in [2.24, 2.45) is 0 Å². The molecule has 0 radical (unpaired) electrons. The van der Waals surface area contributed by atoms with Crippen LogP contribution in [-0.2, 0) is 23.7 Å². The summed E-state index contributed by atoms with van der Waals surface area (Å²) in [6, 6.07) is 0. The van der Waals surface area contributed by atoms with Crippen LogP contribution in [0.5, 0.6) is 0 Å². The van der Waals surface area contributed by atoms with E-state index in [0.29, 0.717) is 5.60 Å². The lowest BCUT2D eigenvalue weighted by Gasteiger charge is -2.39. The van der Waals surface area contributed by atoms with Crippen molar-refractivity contribution in [2.45, 2.75) is 149 Å². The SMILES string of the molecule is C.C.C.C1CCC2(CCCC2)OC1.C1CCC2(CCCCO2)OC1.C1COC2(C1)CCCO2. The molecule has 1 aliphatic carbocycles. The summed E-state index contributed by atoms with van der Waals surface area (Å²) in [6.07, 6.45) is 21.3. The normalized spacial score (nSPS) is 28.4. The van der Waals surface area contributed by atoms with Crippen molar-refractivity contribution >= 4 is 0 Å². The van der Waals surface area contributed by atoms with Crippen molar-refractivity contribution in [3.63, 3.8) is 0 Å². The molecule has 0 unspecified atom stereocenters. The first-order valence-corrected chi connectivity index (χ1v) is 12.9. The lowest BCUT2D eigenvalue weighted by atomic mass is 9.92. The Morgan fingerprint density at radius 2 is 0.606 bits per heavy atom. The summed E-state index contributed by atoms with van der Waals surface area (Å²) >= 11 is 0. The molecule has 5 saturated heterocycles. The Bertz CT molecular complexity index is 433. The van der Waals surface area contributed by atoms with Crippen LogP contribution >= 0.6 is 0 Å². The van der Waals surface area contributed by atoms with Crippen LogP contribution in [0, 0.1) is 0 Å². The summed E-state index contributed by atoms with van der Waals surface area (Å²) in [4.78, 5) is 0. The van der Waals surface area contributed by atoms with E-state index in [1.54, 1.807) is 0 Å². The van der Waals surface area contributed by atoms with Gasteiger partial charge in [0.25, 0.3) is 0 Å². The zero-order chi connectivity index (χ0) is 20.6. The molecule has 1 saturated carbocycles. The van der Waals surface area contributed by atoms with E-state index < -0.39 is 0 Å². The number of hydrogen-bond donors (Lipinski definition) is 0. The van der Waals surface area contributed by atoms with Crippen LogP contribution in [0.3, 0.4) is 0 Å². The van der Waals surface area contributed by atoms with Gasteiger partial charge >= 0.3 is 0 Å². The van der Waals surface area contributed by atoms with Crippen LogP contribution in [0.4, 0.5) is 0 Å². The predicted molar refractivity (Wildman–Crippen MR) is 137 cm³/mol. The zero-order valence-electron chi connectivity index (χ0n) is 19.1. The van der Waals surface area contributed by atoms with Gasteiger partial charge in [-0.25, -0.2) is 0 Å². The Balaban J connectivity index is 0.000000238. The van der Waals surface area contributed by atoms with Gasteiger partial charge in [0.05, 0.1) is 32.0 Å². The summed E-state index contributed by atoms with van der Waals surface area (Å²) in [6.45, 7) is 4.64. The maximum atomic E-state index is 5.83. The third kappa shape index (κ3) is 8.75. The molecule has 0 bridgehead atoms. The van der Waals surface area contributed by atoms with Crippen molar-refractivity contribution in [3.8, 4) is 0 Å². The van der Waals surface area contributed by atoms with E-state index in [-0.39, 0.29) is 33.9 Å². The Morgan fingerprint density at radius 1 is 0.303 bits per heavy atom. The molecule has 6 rings (SSSR count). The summed E-state index contributed by atoms with van der Waals surface area (Å²) in [7, 11) is 0. The summed E-state index contributed by atoms with van der Waals surface area (Å²) < 4.78 is 28.2. The molecule has 33 heavy (non-hydrogen) atoms. The maximum absolute atomic E-state index is 5.83. The minimum atomic E-state index is -0.142. The minimum absolute atomic E-state index is 0. The van der Waals surface area contributed by atoms with Gasteiger partial charge in [-0.1, -0.05) is 35.1 Å². The van der Waals surface area contributed by atoms with E-state index >= 15 is 0 Å². The lowest BCUT2D eigenvalue weighted by molar-refractivity contribution is -0.272. The van der Waals surface area contributed by atoms with Crippen LogP contribution in [-0.4, -0.2) is 50.2 Å². The Hall–Kier alpha value is -0.200. The van der Waals surface area contributed by atoms with Crippen LogP contribution in [0.2, 0.25) is 0 Å². The maximum Gasteiger partial charge on any atom is 0.168 e. The molecule has 0 aromatic carbocycles. The van der Waals surface area contributed by atoms with Gasteiger partial charge in [0.2, 0.25) is 0 Å². The molecule has 0 amide bonds. The zero-order valence-corrected chi connectivity index (χ0v) is 19.1. The molecule has 0 aromatic heterocycles. The van der Waals surface area contributed by atoms with E-state index in [0.717, 1.165) is 58.7 Å². The Kier molecular flexibility index (Phi) is 14.0. The standard InChI is InChI=1S/C9H16O2.C9H16O.C7H12O2.3CH4/c1-3-7-10-9(5-1)6-2-4-8-11-9;1-2-6-9(5-1)7-3-4-8-10-9;1-3-7(8-5-1)4-2-6-9-7;;;/h1-8H2;1-8H2;1-6H2;3*1H4. The molecule has 198 valence electrons. The van der Waals surface area contributed by atoms with E-state index in [1.165, 1.54) is 83.5 Å². The molecule has 0 N–H and O–H groups in total. The van der Waals surface area contributed by atoms with Crippen molar-refractivity contribution in [1.82, 2.24) is 0 Å². The third-order valence-corrected chi connectivity index (χ3v) is 7.72. The quantitative estimate of drug-likeness (QED) is 0.360. The van der Waals surface area contributed by atoms with Gasteiger partial charge in [0.1, 0.15) is 0 Å². The van der Waals surface area contributed by atoms with E-state index in [4.69, 9.17) is 23.7 Å². The molecule has 5 heteroatoms. The van der Waals surface area contributed by atoms with Gasteiger partial charge < -0.3 is 23.7 Å². The average Bonchev–Trinajstić information content (AvgIpc) is 3.56. The molecule has 0 atom stereocenters. The molecule has 3 spiro atoms. The van der Waals surface area contributed by atoms with Crippen LogP contribution in [0.1, 0.15) is 131 Å². The second kappa shape index (κ2) is 15.0. The van der Waals surface area contributed by atoms with Crippen LogP contribution < -0.4 is 0 Å². The van der Waals surface area contributed by atoms with Gasteiger partial charge in [-0.2, -0.15) is 0 Å². The Labute approximate surface area is 205 Å². The fraction of sp³-hybridized carbons (Fsp3) is 1.00. The number of hydrogen-bond acceptors (Lipinski definition) is 5. The second-order valence-corrected chi connectivity index (χ2v) is 10.0. The third-order valence-electron chi connectivity index (χ3n) is 7.72. The molecule has 5 nitrogen and oxygen atoms in total. The number of ether oxygens (including phenoxy) is 5. The van der Waals surface area contributed by atoms with Crippen LogP contribution in [0.25, 0.3) is 0 Å². The fourth-order valence-electron chi connectivity index (χ4n) is 5.94. The molecule has 6 fully saturated rings. The van der Waals surface area contributed by atoms with Gasteiger partial charge in [-0.15, -0.1) is 0 Å². The lowest BCUT2D eigenvalue weighted by Crippen LogP contribution is -2.41. The van der Waals surface area contributed by atoms with Gasteiger partial charge in [-0.05, 0) is 70.6 Å². The molecule has 0 aromatic rings. The molecule has 5 aliphatic heterocycles. The van der Waals surface area contributed by atoms with Gasteiger partial charge in [-0.3, -0.25) is 0 Å². The minimum Gasteiger partial charge on any atom is -0.375 e. The highest BCUT2D eigenvalue weighted by molar-refractivity contribution is 4.88. The molecule has 6 aliphatic rings. The van der Waals surface area contributed by atoms with Crippen molar-refractivity contribution in [2.75, 3.05) is 33.0 Å². The molecular weight excluding hydrogens is 416 g/mol. The predicted octanol–water partition coefficient (Wildman–Crippen LogP) is 7.80. The van der Waals surface area contributed by atoms with Crippen molar-refractivity contribution in [1.29, 1.82) is 0 Å². The number of rotatable bonds is 0. The first-order chi connectivity index (χ1) is 14.7. The molecule has 5 heterocycles. The van der Waals surface area contributed by atoms with E-state index in [1.807, 2.05) is 0 Å². The summed E-state index contributed by atoms with van der Waals surface area (Å²) in [5, 5.41) is 0. The largest absolute Gasteiger partial charge is 0.375 e. The van der Waals surface area contributed by atoms with Crippen molar-refractivity contribution in [3.05, 3.63) is 0 Å².